The average Bonchev–Trinajstić information content (AvgIpc) is 3.02. The topological polar surface area (TPSA) is 66.8 Å². The van der Waals surface area contributed by atoms with Gasteiger partial charge in [0, 0.05) is 13.1 Å². The number of hydrogen-bond acceptors (Lipinski definition) is 4. The van der Waals surface area contributed by atoms with Crippen LogP contribution in [0, 0.1) is 0 Å². The summed E-state index contributed by atoms with van der Waals surface area (Å²) in [6, 6.07) is 8.72. The molecule has 0 radical (unpaired) electrons. The third-order valence-electron chi connectivity index (χ3n) is 4.14. The zero-order chi connectivity index (χ0) is 16.0. The number of hydrogen-bond donors (Lipinski definition) is 1. The molecule has 1 aliphatic carbocycles. The van der Waals surface area contributed by atoms with Crippen molar-refractivity contribution in [2.24, 2.45) is 0 Å². The molecular weight excluding hydrogens is 282 g/mol. The number of esters is 1. The van der Waals surface area contributed by atoms with Crippen LogP contribution in [0.3, 0.4) is 0 Å². The fourth-order valence-electron chi connectivity index (χ4n) is 2.93. The van der Waals surface area contributed by atoms with Gasteiger partial charge in [-0.25, -0.2) is 4.79 Å². The van der Waals surface area contributed by atoms with Gasteiger partial charge in [0.25, 0.3) is 5.91 Å². The molecule has 5 nitrogen and oxygen atoms in total. The van der Waals surface area contributed by atoms with E-state index in [0.29, 0.717) is 24.9 Å². The van der Waals surface area contributed by atoms with Crippen molar-refractivity contribution in [1.82, 2.24) is 4.90 Å². The first kappa shape index (κ1) is 16.5. The molecule has 0 bridgehead atoms. The van der Waals surface area contributed by atoms with E-state index in [1.807, 2.05) is 13.0 Å². The summed E-state index contributed by atoms with van der Waals surface area (Å²) in [5.41, 5.74) is -0.621. The molecule has 1 aromatic rings. The van der Waals surface area contributed by atoms with Crippen LogP contribution in [0.2, 0.25) is 0 Å². The van der Waals surface area contributed by atoms with E-state index in [9.17, 15) is 9.59 Å². The standard InChI is InChI=1S/C17H23NO4/c1-2-18(12-13-19)16(21)17(10-6-7-11-17)22-15(20)14-8-4-3-5-9-14/h3-5,8-9,19H,2,6-7,10-13H2,1H3. The Balaban J connectivity index is 2.18. The van der Waals surface area contributed by atoms with Crippen LogP contribution >= 0.6 is 0 Å². The van der Waals surface area contributed by atoms with E-state index in [1.165, 1.54) is 0 Å². The third-order valence-corrected chi connectivity index (χ3v) is 4.14. The summed E-state index contributed by atoms with van der Waals surface area (Å²) < 4.78 is 5.66. The lowest BCUT2D eigenvalue weighted by Gasteiger charge is -2.33. The second kappa shape index (κ2) is 7.40. The summed E-state index contributed by atoms with van der Waals surface area (Å²) in [5, 5.41) is 9.10. The largest absolute Gasteiger partial charge is 0.445 e. The van der Waals surface area contributed by atoms with E-state index >= 15 is 0 Å². The lowest BCUT2D eigenvalue weighted by atomic mass is 9.99. The zero-order valence-electron chi connectivity index (χ0n) is 13.0. The number of aliphatic hydroxyl groups is 1. The minimum Gasteiger partial charge on any atom is -0.445 e. The van der Waals surface area contributed by atoms with Crippen molar-refractivity contribution in [2.75, 3.05) is 19.7 Å². The highest BCUT2D eigenvalue weighted by Crippen LogP contribution is 2.35. The number of likely N-dealkylation sites (N-methyl/N-ethyl adjacent to an activating group) is 1. The molecule has 0 unspecified atom stereocenters. The van der Waals surface area contributed by atoms with E-state index in [-0.39, 0.29) is 19.1 Å². The third kappa shape index (κ3) is 3.47. The maximum Gasteiger partial charge on any atom is 0.339 e. The Morgan fingerprint density at radius 1 is 1.23 bits per heavy atom. The molecule has 1 aliphatic rings. The number of rotatable bonds is 6. The Morgan fingerprint density at radius 2 is 1.86 bits per heavy atom. The van der Waals surface area contributed by atoms with Gasteiger partial charge in [-0.1, -0.05) is 18.2 Å². The summed E-state index contributed by atoms with van der Waals surface area (Å²) in [6.07, 6.45) is 2.83. The number of aliphatic hydroxyl groups excluding tert-OH is 1. The van der Waals surface area contributed by atoms with Gasteiger partial charge in [-0.05, 0) is 44.7 Å². The van der Waals surface area contributed by atoms with Crippen LogP contribution in [0.15, 0.2) is 30.3 Å². The predicted octanol–water partition coefficient (Wildman–Crippen LogP) is 2.00. The van der Waals surface area contributed by atoms with Crippen LogP contribution in [0.25, 0.3) is 0 Å². The molecule has 0 aromatic heterocycles. The Labute approximate surface area is 130 Å². The molecule has 1 aromatic carbocycles. The van der Waals surface area contributed by atoms with Crippen molar-refractivity contribution >= 4 is 11.9 Å². The van der Waals surface area contributed by atoms with Crippen molar-refractivity contribution in [2.45, 2.75) is 38.2 Å². The summed E-state index contributed by atoms with van der Waals surface area (Å²) in [5.74, 6) is -0.651. The van der Waals surface area contributed by atoms with Gasteiger partial charge >= 0.3 is 5.97 Å². The Morgan fingerprint density at radius 3 is 2.41 bits per heavy atom. The van der Waals surface area contributed by atoms with E-state index in [4.69, 9.17) is 9.84 Å². The molecule has 0 heterocycles. The smallest absolute Gasteiger partial charge is 0.339 e. The van der Waals surface area contributed by atoms with Gasteiger partial charge in [-0.15, -0.1) is 0 Å². The van der Waals surface area contributed by atoms with Crippen LogP contribution in [0.1, 0.15) is 43.0 Å². The molecule has 0 aliphatic heterocycles. The van der Waals surface area contributed by atoms with Crippen LogP contribution in [0.4, 0.5) is 0 Å². The first-order valence-electron chi connectivity index (χ1n) is 7.81. The number of carbonyl (C=O) groups is 2. The van der Waals surface area contributed by atoms with Crippen molar-refractivity contribution in [3.8, 4) is 0 Å². The van der Waals surface area contributed by atoms with Crippen molar-refractivity contribution in [3.05, 3.63) is 35.9 Å². The van der Waals surface area contributed by atoms with E-state index in [1.54, 1.807) is 29.2 Å². The van der Waals surface area contributed by atoms with Crippen LogP contribution < -0.4 is 0 Å². The molecule has 22 heavy (non-hydrogen) atoms. The molecule has 0 saturated heterocycles. The first-order valence-corrected chi connectivity index (χ1v) is 7.81. The van der Waals surface area contributed by atoms with Gasteiger partial charge in [0.1, 0.15) is 0 Å². The molecule has 1 saturated carbocycles. The molecule has 120 valence electrons. The number of nitrogens with zero attached hydrogens (tertiary/aromatic N) is 1. The van der Waals surface area contributed by atoms with Crippen molar-refractivity contribution in [1.29, 1.82) is 0 Å². The highest BCUT2D eigenvalue weighted by Gasteiger charge is 2.46. The van der Waals surface area contributed by atoms with Gasteiger partial charge < -0.3 is 14.7 Å². The SMILES string of the molecule is CCN(CCO)C(=O)C1(OC(=O)c2ccccc2)CCCC1. The van der Waals surface area contributed by atoms with Gasteiger partial charge in [0.2, 0.25) is 0 Å². The second-order valence-corrected chi connectivity index (χ2v) is 5.57. The Bertz CT molecular complexity index is 509. The Hall–Kier alpha value is -1.88. The van der Waals surface area contributed by atoms with Gasteiger partial charge in [-0.2, -0.15) is 0 Å². The second-order valence-electron chi connectivity index (χ2n) is 5.57. The van der Waals surface area contributed by atoms with Gasteiger partial charge in [0.15, 0.2) is 5.60 Å². The zero-order valence-corrected chi connectivity index (χ0v) is 13.0. The van der Waals surface area contributed by atoms with E-state index in [0.717, 1.165) is 12.8 Å². The highest BCUT2D eigenvalue weighted by atomic mass is 16.6. The van der Waals surface area contributed by atoms with Gasteiger partial charge in [-0.3, -0.25) is 4.79 Å². The molecule has 0 spiro atoms. The maximum atomic E-state index is 12.8. The molecule has 5 heteroatoms. The minimum atomic E-state index is -1.07. The number of benzene rings is 1. The molecule has 1 N–H and O–H groups in total. The van der Waals surface area contributed by atoms with Crippen LogP contribution in [0.5, 0.6) is 0 Å². The number of ether oxygens (including phenoxy) is 1. The molecule has 1 amide bonds. The lowest BCUT2D eigenvalue weighted by molar-refractivity contribution is -0.152. The molecular formula is C17H23NO4. The minimum absolute atomic E-state index is 0.0949. The Kier molecular flexibility index (Phi) is 5.55. The van der Waals surface area contributed by atoms with Gasteiger partial charge in [0.05, 0.1) is 12.2 Å². The normalized spacial score (nSPS) is 16.3. The average molecular weight is 305 g/mol. The number of carbonyl (C=O) groups excluding carboxylic acids is 2. The lowest BCUT2D eigenvalue weighted by Crippen LogP contribution is -2.51. The van der Waals surface area contributed by atoms with Crippen molar-refractivity contribution in [3.63, 3.8) is 0 Å². The molecule has 2 rings (SSSR count). The maximum absolute atomic E-state index is 12.8. The first-order chi connectivity index (χ1) is 10.6. The molecule has 1 fully saturated rings. The van der Waals surface area contributed by atoms with E-state index in [2.05, 4.69) is 0 Å². The van der Waals surface area contributed by atoms with Crippen LogP contribution in [-0.2, 0) is 9.53 Å². The summed E-state index contributed by atoms with van der Waals surface area (Å²) in [7, 11) is 0. The fourth-order valence-corrected chi connectivity index (χ4v) is 2.93. The summed E-state index contributed by atoms with van der Waals surface area (Å²) in [4.78, 5) is 26.7. The monoisotopic (exact) mass is 305 g/mol. The summed E-state index contributed by atoms with van der Waals surface area (Å²) >= 11 is 0. The fraction of sp³-hybridized carbons (Fsp3) is 0.529. The molecule has 0 atom stereocenters. The summed E-state index contributed by atoms with van der Waals surface area (Å²) in [6.45, 7) is 2.52. The number of amides is 1. The van der Waals surface area contributed by atoms with Crippen LogP contribution in [-0.4, -0.2) is 47.2 Å². The van der Waals surface area contributed by atoms with Crippen molar-refractivity contribution < 1.29 is 19.4 Å². The highest BCUT2D eigenvalue weighted by molar-refractivity contribution is 5.94. The quantitative estimate of drug-likeness (QED) is 0.816. The van der Waals surface area contributed by atoms with E-state index < -0.39 is 11.6 Å². The predicted molar refractivity (Wildman–Crippen MR) is 82.4 cm³/mol.